The number of carbonyl (C=O) groups excluding carboxylic acids is 2. The van der Waals surface area contributed by atoms with Crippen molar-refractivity contribution in [3.05, 3.63) is 69.3 Å². The Morgan fingerprint density at radius 2 is 1.84 bits per heavy atom. The first-order chi connectivity index (χ1) is 15.1. The summed E-state index contributed by atoms with van der Waals surface area (Å²) in [6.45, 7) is 0.634. The second-order valence-electron chi connectivity index (χ2n) is 7.53. The molecular weight excluding hydrogens is 418 g/mol. The Morgan fingerprint density at radius 1 is 1.19 bits per heavy atom. The highest BCUT2D eigenvalue weighted by Crippen LogP contribution is 2.41. The van der Waals surface area contributed by atoms with E-state index in [-0.39, 0.29) is 29.1 Å². The summed E-state index contributed by atoms with van der Waals surface area (Å²) in [7, 11) is 5.04. The number of benzene rings is 2. The molecule has 10 heteroatoms. The highest BCUT2D eigenvalue weighted by atomic mass is 16.6. The van der Waals surface area contributed by atoms with Crippen molar-refractivity contribution in [1.82, 2.24) is 9.80 Å². The van der Waals surface area contributed by atoms with Gasteiger partial charge in [-0.3, -0.25) is 19.7 Å². The van der Waals surface area contributed by atoms with E-state index in [2.05, 4.69) is 0 Å². The molecule has 0 radical (unpaired) electrons. The Hall–Kier alpha value is -3.92. The van der Waals surface area contributed by atoms with Gasteiger partial charge >= 0.3 is 0 Å². The highest BCUT2D eigenvalue weighted by Gasteiger charge is 2.46. The molecule has 3 rings (SSSR count). The monoisotopic (exact) mass is 441 g/mol. The van der Waals surface area contributed by atoms with Gasteiger partial charge in [-0.1, -0.05) is 0 Å². The van der Waals surface area contributed by atoms with Crippen LogP contribution in [0.5, 0.6) is 11.5 Å². The van der Waals surface area contributed by atoms with Gasteiger partial charge < -0.3 is 24.7 Å². The Balaban J connectivity index is 2.16. The molecule has 1 amide bonds. The predicted octanol–water partition coefficient (Wildman–Crippen LogP) is 2.29. The molecule has 0 spiro atoms. The van der Waals surface area contributed by atoms with Crippen LogP contribution in [0, 0.1) is 10.1 Å². The maximum absolute atomic E-state index is 12.9. The molecule has 1 aliphatic rings. The van der Waals surface area contributed by atoms with Gasteiger partial charge in [0.1, 0.15) is 17.3 Å². The van der Waals surface area contributed by atoms with E-state index < -0.39 is 28.4 Å². The Bertz CT molecular complexity index is 1090. The van der Waals surface area contributed by atoms with Gasteiger partial charge in [0.25, 0.3) is 17.4 Å². The molecule has 1 aliphatic heterocycles. The number of phenols is 1. The van der Waals surface area contributed by atoms with Crippen molar-refractivity contribution in [3.63, 3.8) is 0 Å². The number of amides is 1. The zero-order valence-corrected chi connectivity index (χ0v) is 17.8. The third-order valence-corrected chi connectivity index (χ3v) is 5.21. The summed E-state index contributed by atoms with van der Waals surface area (Å²) in [5.41, 5.74) is 0.0290. The molecule has 1 unspecified atom stereocenters. The minimum atomic E-state index is -0.975. The maximum atomic E-state index is 12.9. The summed E-state index contributed by atoms with van der Waals surface area (Å²) < 4.78 is 5.04. The molecule has 2 N–H and O–H groups in total. The number of Topliss-reactive ketones (excluding diaryl/α,β-unsaturated/α-hetero) is 1. The number of ketones is 1. The molecule has 1 atom stereocenters. The number of likely N-dealkylation sites (N-methyl/N-ethyl adjacent to an activating group) is 1. The number of likely N-dealkylation sites (tertiary alicyclic amines) is 1. The molecule has 0 aromatic heterocycles. The van der Waals surface area contributed by atoms with E-state index in [1.165, 1.54) is 54.5 Å². The fraction of sp³-hybridized carbons (Fsp3) is 0.273. The summed E-state index contributed by atoms with van der Waals surface area (Å²) >= 11 is 0. The number of hydrogen-bond donors (Lipinski definition) is 2. The third kappa shape index (κ3) is 4.26. The Kier molecular flexibility index (Phi) is 6.45. The SMILES string of the molecule is COc1ccc(/C(O)=C2\C(=O)C(=O)N(CCN(C)C)C2c2ccc([N+](=O)[O-])cc2)c(O)c1. The highest BCUT2D eigenvalue weighted by molar-refractivity contribution is 6.46. The van der Waals surface area contributed by atoms with Crippen molar-refractivity contribution < 1.29 is 29.5 Å². The van der Waals surface area contributed by atoms with Crippen molar-refractivity contribution in [2.75, 3.05) is 34.3 Å². The van der Waals surface area contributed by atoms with Crippen molar-refractivity contribution in [1.29, 1.82) is 0 Å². The molecule has 0 bridgehead atoms. The first-order valence-electron chi connectivity index (χ1n) is 9.70. The zero-order valence-electron chi connectivity index (χ0n) is 17.8. The van der Waals surface area contributed by atoms with Gasteiger partial charge in [0.2, 0.25) is 0 Å². The van der Waals surface area contributed by atoms with Crippen molar-refractivity contribution in [3.8, 4) is 11.5 Å². The van der Waals surface area contributed by atoms with Crippen LogP contribution in [0.3, 0.4) is 0 Å². The summed E-state index contributed by atoms with van der Waals surface area (Å²) in [6, 6.07) is 8.60. The Morgan fingerprint density at radius 3 is 2.38 bits per heavy atom. The van der Waals surface area contributed by atoms with Crippen LogP contribution in [0.15, 0.2) is 48.0 Å². The summed E-state index contributed by atoms with van der Waals surface area (Å²) in [6.07, 6.45) is 0. The second kappa shape index (κ2) is 9.06. The smallest absolute Gasteiger partial charge is 0.295 e. The van der Waals surface area contributed by atoms with Crippen LogP contribution in [0.2, 0.25) is 0 Å². The molecule has 10 nitrogen and oxygen atoms in total. The number of nitrogens with zero attached hydrogens (tertiary/aromatic N) is 3. The normalized spacial score (nSPS) is 17.8. The molecule has 1 fully saturated rings. The van der Waals surface area contributed by atoms with Crippen molar-refractivity contribution >= 4 is 23.1 Å². The largest absolute Gasteiger partial charge is 0.507 e. The number of ether oxygens (including phenoxy) is 1. The molecule has 168 valence electrons. The van der Waals surface area contributed by atoms with Crippen LogP contribution >= 0.6 is 0 Å². The van der Waals surface area contributed by atoms with Gasteiger partial charge in [0.15, 0.2) is 0 Å². The lowest BCUT2D eigenvalue weighted by Crippen LogP contribution is -2.35. The predicted molar refractivity (Wildman–Crippen MR) is 115 cm³/mol. The summed E-state index contributed by atoms with van der Waals surface area (Å²) in [5, 5.41) is 32.3. The lowest BCUT2D eigenvalue weighted by atomic mass is 9.95. The quantitative estimate of drug-likeness (QED) is 0.220. The van der Waals surface area contributed by atoms with Crippen LogP contribution in [-0.2, 0) is 9.59 Å². The fourth-order valence-electron chi connectivity index (χ4n) is 3.53. The number of hydrogen-bond acceptors (Lipinski definition) is 8. The maximum Gasteiger partial charge on any atom is 0.295 e. The lowest BCUT2D eigenvalue weighted by molar-refractivity contribution is -0.384. The van der Waals surface area contributed by atoms with E-state index in [0.717, 1.165) is 0 Å². The average Bonchev–Trinajstić information content (AvgIpc) is 3.01. The molecule has 1 saturated heterocycles. The van der Waals surface area contributed by atoms with Crippen LogP contribution in [0.4, 0.5) is 5.69 Å². The average molecular weight is 441 g/mol. The summed E-state index contributed by atoms with van der Waals surface area (Å²) in [5.74, 6) is -2.23. The first-order valence-corrected chi connectivity index (χ1v) is 9.70. The number of rotatable bonds is 7. The van der Waals surface area contributed by atoms with E-state index in [1.54, 1.807) is 0 Å². The van der Waals surface area contributed by atoms with E-state index >= 15 is 0 Å². The van der Waals surface area contributed by atoms with Gasteiger partial charge in [-0.2, -0.15) is 0 Å². The van der Waals surface area contributed by atoms with Crippen LogP contribution in [0.1, 0.15) is 17.2 Å². The number of nitro groups is 1. The standard InChI is InChI=1S/C22H23N3O7/c1-23(2)10-11-24-19(13-4-6-14(7-5-13)25(30)31)18(21(28)22(24)29)20(27)16-9-8-15(32-3)12-17(16)26/h4-9,12,19,26-27H,10-11H2,1-3H3/b20-18+. The molecule has 1 heterocycles. The molecule has 0 aliphatic carbocycles. The molecule has 32 heavy (non-hydrogen) atoms. The second-order valence-corrected chi connectivity index (χ2v) is 7.53. The van der Waals surface area contributed by atoms with Gasteiger partial charge in [-0.25, -0.2) is 0 Å². The third-order valence-electron chi connectivity index (χ3n) is 5.21. The van der Waals surface area contributed by atoms with E-state index in [4.69, 9.17) is 4.74 Å². The van der Waals surface area contributed by atoms with E-state index in [1.807, 2.05) is 19.0 Å². The number of phenolic OH excluding ortho intramolecular Hbond substituents is 1. The van der Waals surface area contributed by atoms with Crippen LogP contribution in [0.25, 0.3) is 5.76 Å². The van der Waals surface area contributed by atoms with Crippen LogP contribution in [-0.4, -0.2) is 70.9 Å². The topological polar surface area (TPSA) is 133 Å². The van der Waals surface area contributed by atoms with Gasteiger partial charge in [0, 0.05) is 31.3 Å². The number of methoxy groups -OCH3 is 1. The van der Waals surface area contributed by atoms with Crippen molar-refractivity contribution in [2.24, 2.45) is 0 Å². The minimum absolute atomic E-state index is 0.0386. The number of aliphatic hydroxyl groups is 1. The van der Waals surface area contributed by atoms with Gasteiger partial charge in [0.05, 0.1) is 29.2 Å². The zero-order chi connectivity index (χ0) is 23.6. The fourth-order valence-corrected chi connectivity index (χ4v) is 3.53. The molecule has 2 aromatic rings. The molecule has 0 saturated carbocycles. The molecular formula is C22H23N3O7. The minimum Gasteiger partial charge on any atom is -0.507 e. The number of aliphatic hydroxyl groups excluding tert-OH is 1. The number of non-ortho nitro benzene ring substituents is 1. The van der Waals surface area contributed by atoms with Crippen LogP contribution < -0.4 is 4.74 Å². The number of carbonyl (C=O) groups is 2. The lowest BCUT2D eigenvalue weighted by Gasteiger charge is -2.26. The first kappa shape index (κ1) is 22.8. The van der Waals surface area contributed by atoms with E-state index in [0.29, 0.717) is 17.9 Å². The number of nitro benzene ring substituents is 1. The summed E-state index contributed by atoms with van der Waals surface area (Å²) in [4.78, 5) is 39.4. The Labute approximate surface area is 184 Å². The number of aromatic hydroxyl groups is 1. The van der Waals surface area contributed by atoms with Gasteiger partial charge in [-0.05, 0) is 43.9 Å². The molecule has 2 aromatic carbocycles. The van der Waals surface area contributed by atoms with E-state index in [9.17, 15) is 29.9 Å². The van der Waals surface area contributed by atoms with Gasteiger partial charge in [-0.15, -0.1) is 0 Å². The van der Waals surface area contributed by atoms with Crippen molar-refractivity contribution in [2.45, 2.75) is 6.04 Å².